The van der Waals surface area contributed by atoms with Crippen molar-refractivity contribution >= 4 is 23.1 Å². The molecule has 0 spiro atoms. The molecule has 19 heavy (non-hydrogen) atoms. The van der Waals surface area contributed by atoms with E-state index in [1.165, 1.54) is 0 Å². The van der Waals surface area contributed by atoms with Crippen molar-refractivity contribution in [2.45, 2.75) is 26.7 Å². The predicted molar refractivity (Wildman–Crippen MR) is 80.1 cm³/mol. The van der Waals surface area contributed by atoms with Gasteiger partial charge in [-0.05, 0) is 19.8 Å². The van der Waals surface area contributed by atoms with Crippen LogP contribution in [-0.2, 0) is 14.3 Å². The smallest absolute Gasteiger partial charge is 0.235 e. The molecule has 6 heteroatoms. The van der Waals surface area contributed by atoms with E-state index in [9.17, 15) is 4.79 Å². The zero-order valence-corrected chi connectivity index (χ0v) is 13.2. The summed E-state index contributed by atoms with van der Waals surface area (Å²) in [4.78, 5) is 14.6. The topological polar surface area (TPSA) is 64.8 Å². The van der Waals surface area contributed by atoms with E-state index in [0.717, 1.165) is 6.42 Å². The molecule has 5 nitrogen and oxygen atoms in total. The molecule has 0 aliphatic carbocycles. The number of ether oxygens (including phenoxy) is 2. The Balaban J connectivity index is 4.80. The molecule has 0 aromatic heterocycles. The van der Waals surface area contributed by atoms with Gasteiger partial charge in [-0.25, -0.2) is 0 Å². The van der Waals surface area contributed by atoms with Gasteiger partial charge in [0, 0.05) is 33.9 Å². The van der Waals surface area contributed by atoms with E-state index in [-0.39, 0.29) is 10.9 Å². The first-order chi connectivity index (χ1) is 8.93. The van der Waals surface area contributed by atoms with Crippen molar-refractivity contribution in [3.8, 4) is 0 Å². The Morgan fingerprint density at radius 1 is 1.26 bits per heavy atom. The number of methoxy groups -OCH3 is 2. The molecule has 0 aliphatic heterocycles. The average Bonchev–Trinajstić information content (AvgIpc) is 2.40. The van der Waals surface area contributed by atoms with Crippen LogP contribution < -0.4 is 5.73 Å². The van der Waals surface area contributed by atoms with E-state index in [1.807, 2.05) is 6.92 Å². The Bertz CT molecular complexity index is 300. The molecular formula is C13H26N2O3S. The van der Waals surface area contributed by atoms with Gasteiger partial charge in [0.1, 0.15) is 0 Å². The number of hydrogen-bond donors (Lipinski definition) is 1. The predicted octanol–water partition coefficient (Wildman–Crippen LogP) is 1.20. The van der Waals surface area contributed by atoms with Gasteiger partial charge in [0.2, 0.25) is 5.91 Å². The van der Waals surface area contributed by atoms with E-state index >= 15 is 0 Å². The first-order valence-electron chi connectivity index (χ1n) is 6.51. The van der Waals surface area contributed by atoms with Crippen LogP contribution in [0.3, 0.4) is 0 Å². The first kappa shape index (κ1) is 18.3. The molecule has 0 saturated carbocycles. The van der Waals surface area contributed by atoms with Crippen LogP contribution in [-0.4, -0.2) is 56.3 Å². The maximum absolute atomic E-state index is 12.6. The minimum atomic E-state index is -0.782. The van der Waals surface area contributed by atoms with Crippen molar-refractivity contribution in [1.29, 1.82) is 0 Å². The van der Waals surface area contributed by atoms with Gasteiger partial charge < -0.3 is 20.1 Å². The number of carbonyl (C=O) groups excluding carboxylic acids is 1. The van der Waals surface area contributed by atoms with E-state index in [4.69, 9.17) is 27.4 Å². The standard InChI is InChI=1S/C13H26N2O3S/c1-5-13(2,11(14)19)12(16)15(8-10-18-4)7-6-9-17-3/h5-10H2,1-4H3,(H2,14,19). The molecule has 0 fully saturated rings. The molecule has 0 heterocycles. The van der Waals surface area contributed by atoms with Gasteiger partial charge in [-0.1, -0.05) is 19.1 Å². The van der Waals surface area contributed by atoms with Crippen LogP contribution in [0.15, 0.2) is 0 Å². The normalized spacial score (nSPS) is 13.9. The van der Waals surface area contributed by atoms with Crippen LogP contribution in [0.4, 0.5) is 0 Å². The fourth-order valence-corrected chi connectivity index (χ4v) is 1.93. The molecule has 2 N–H and O–H groups in total. The lowest BCUT2D eigenvalue weighted by Crippen LogP contribution is -2.49. The molecule has 0 saturated heterocycles. The summed E-state index contributed by atoms with van der Waals surface area (Å²) in [5.41, 5.74) is 4.95. The number of amides is 1. The molecule has 0 aromatic rings. The lowest BCUT2D eigenvalue weighted by molar-refractivity contribution is -0.138. The molecule has 1 unspecified atom stereocenters. The summed E-state index contributed by atoms with van der Waals surface area (Å²) in [6.45, 7) is 5.99. The molecule has 1 atom stereocenters. The number of hydrogen-bond acceptors (Lipinski definition) is 4. The number of rotatable bonds is 10. The number of carbonyl (C=O) groups is 1. The van der Waals surface area contributed by atoms with Crippen molar-refractivity contribution in [3.63, 3.8) is 0 Å². The van der Waals surface area contributed by atoms with E-state index < -0.39 is 5.41 Å². The van der Waals surface area contributed by atoms with E-state index in [1.54, 1.807) is 26.0 Å². The Hall–Kier alpha value is -0.720. The number of nitrogens with two attached hydrogens (primary N) is 1. The maximum Gasteiger partial charge on any atom is 0.235 e. The quantitative estimate of drug-likeness (QED) is 0.484. The SMILES string of the molecule is CCC(C)(C(=O)N(CCCOC)CCOC)C(N)=S. The lowest BCUT2D eigenvalue weighted by Gasteiger charge is -2.33. The molecular weight excluding hydrogens is 264 g/mol. The molecule has 0 aromatic carbocycles. The van der Waals surface area contributed by atoms with Crippen LogP contribution in [0.5, 0.6) is 0 Å². The Morgan fingerprint density at radius 3 is 2.26 bits per heavy atom. The molecule has 112 valence electrons. The Kier molecular flexibility index (Phi) is 8.88. The van der Waals surface area contributed by atoms with E-state index in [2.05, 4.69) is 0 Å². The summed E-state index contributed by atoms with van der Waals surface area (Å²) < 4.78 is 10.1. The Labute approximate surface area is 121 Å². The summed E-state index contributed by atoms with van der Waals surface area (Å²) >= 11 is 5.05. The molecule has 0 radical (unpaired) electrons. The van der Waals surface area contributed by atoms with Crippen LogP contribution >= 0.6 is 12.2 Å². The van der Waals surface area contributed by atoms with Gasteiger partial charge in [0.05, 0.1) is 17.0 Å². The highest BCUT2D eigenvalue weighted by Crippen LogP contribution is 2.24. The monoisotopic (exact) mass is 290 g/mol. The Morgan fingerprint density at radius 2 is 1.84 bits per heavy atom. The summed E-state index contributed by atoms with van der Waals surface area (Å²) in [5, 5.41) is 0. The fraction of sp³-hybridized carbons (Fsp3) is 0.846. The highest BCUT2D eigenvalue weighted by atomic mass is 32.1. The fourth-order valence-electron chi connectivity index (χ4n) is 1.70. The molecule has 0 rings (SSSR count). The second kappa shape index (κ2) is 9.23. The van der Waals surface area contributed by atoms with Gasteiger partial charge in [-0.2, -0.15) is 0 Å². The summed E-state index contributed by atoms with van der Waals surface area (Å²) in [5.74, 6) is -0.0318. The van der Waals surface area contributed by atoms with Crippen molar-refractivity contribution in [2.24, 2.45) is 11.1 Å². The zero-order valence-electron chi connectivity index (χ0n) is 12.4. The second-order valence-electron chi connectivity index (χ2n) is 4.68. The van der Waals surface area contributed by atoms with Crippen LogP contribution in [0.2, 0.25) is 0 Å². The van der Waals surface area contributed by atoms with Crippen molar-refractivity contribution < 1.29 is 14.3 Å². The summed E-state index contributed by atoms with van der Waals surface area (Å²) in [7, 11) is 3.26. The summed E-state index contributed by atoms with van der Waals surface area (Å²) in [6, 6.07) is 0. The average molecular weight is 290 g/mol. The minimum absolute atomic E-state index is 0.0318. The first-order valence-corrected chi connectivity index (χ1v) is 6.92. The highest BCUT2D eigenvalue weighted by molar-refractivity contribution is 7.80. The zero-order chi connectivity index (χ0) is 14.9. The van der Waals surface area contributed by atoms with Crippen LogP contribution in [0.25, 0.3) is 0 Å². The minimum Gasteiger partial charge on any atom is -0.392 e. The third-order valence-electron chi connectivity index (χ3n) is 3.35. The van der Waals surface area contributed by atoms with Gasteiger partial charge in [-0.15, -0.1) is 0 Å². The van der Waals surface area contributed by atoms with Crippen molar-refractivity contribution in [1.82, 2.24) is 4.90 Å². The van der Waals surface area contributed by atoms with Gasteiger partial charge in [-0.3, -0.25) is 4.79 Å². The highest BCUT2D eigenvalue weighted by Gasteiger charge is 2.37. The molecule has 0 aliphatic rings. The van der Waals surface area contributed by atoms with Gasteiger partial charge >= 0.3 is 0 Å². The number of nitrogens with zero attached hydrogens (tertiary/aromatic N) is 1. The second-order valence-corrected chi connectivity index (χ2v) is 5.12. The van der Waals surface area contributed by atoms with Gasteiger partial charge in [0.25, 0.3) is 0 Å². The lowest BCUT2D eigenvalue weighted by atomic mass is 9.85. The van der Waals surface area contributed by atoms with Crippen LogP contribution in [0, 0.1) is 5.41 Å². The molecule has 1 amide bonds. The van der Waals surface area contributed by atoms with Crippen molar-refractivity contribution in [3.05, 3.63) is 0 Å². The molecule has 0 bridgehead atoms. The van der Waals surface area contributed by atoms with Crippen molar-refractivity contribution in [2.75, 3.05) is 40.5 Å². The summed E-state index contributed by atoms with van der Waals surface area (Å²) in [6.07, 6.45) is 1.37. The number of thiocarbonyl (C=S) groups is 1. The third kappa shape index (κ3) is 5.42. The largest absolute Gasteiger partial charge is 0.392 e. The maximum atomic E-state index is 12.6. The van der Waals surface area contributed by atoms with E-state index in [0.29, 0.717) is 32.7 Å². The van der Waals surface area contributed by atoms with Crippen LogP contribution in [0.1, 0.15) is 26.7 Å². The van der Waals surface area contributed by atoms with Gasteiger partial charge in [0.15, 0.2) is 0 Å². The third-order valence-corrected chi connectivity index (χ3v) is 3.80.